The van der Waals surface area contributed by atoms with Gasteiger partial charge < -0.3 is 34.7 Å². The molecular weight excluding hydrogens is 486 g/mol. The van der Waals surface area contributed by atoms with Gasteiger partial charge in [0.2, 0.25) is 0 Å². The summed E-state index contributed by atoms with van der Waals surface area (Å²) in [4.78, 5) is 32.9. The van der Waals surface area contributed by atoms with Gasteiger partial charge in [-0.15, -0.1) is 16.8 Å². The summed E-state index contributed by atoms with van der Waals surface area (Å²) in [5.74, 6) is -3.43. The number of aromatic nitrogens is 4. The van der Waals surface area contributed by atoms with Gasteiger partial charge >= 0.3 is 17.9 Å². The van der Waals surface area contributed by atoms with Crippen molar-refractivity contribution < 1.29 is 39.9 Å². The first-order valence-corrected chi connectivity index (χ1v) is 11.4. The number of carboxylic acid groups (broad SMARTS) is 3. The van der Waals surface area contributed by atoms with E-state index in [1.54, 1.807) is 0 Å². The molecule has 0 spiro atoms. The van der Waals surface area contributed by atoms with Gasteiger partial charge in [0.1, 0.15) is 12.4 Å². The maximum absolute atomic E-state index is 10.3. The number of rotatable bonds is 10. The first-order chi connectivity index (χ1) is 17.6. The second kappa shape index (κ2) is 11.8. The highest BCUT2D eigenvalue weighted by Gasteiger charge is 2.40. The summed E-state index contributed by atoms with van der Waals surface area (Å²) in [6.45, 7) is 8.01. The van der Waals surface area contributed by atoms with Crippen molar-refractivity contribution in [3.05, 3.63) is 60.3 Å². The van der Waals surface area contributed by atoms with Gasteiger partial charge in [-0.2, -0.15) is 0 Å². The van der Waals surface area contributed by atoms with Crippen molar-refractivity contribution in [3.63, 3.8) is 0 Å². The molecular formula is C24H29N5O8. The molecule has 4 rings (SSSR count). The lowest BCUT2D eigenvalue weighted by molar-refractivity contribution is -0.170. The number of nitrogens with zero attached hydrogens (tertiary/aromatic N) is 5. The van der Waals surface area contributed by atoms with Gasteiger partial charge in [-0.25, -0.2) is 4.79 Å². The van der Waals surface area contributed by atoms with E-state index in [0.29, 0.717) is 5.82 Å². The molecule has 1 aliphatic heterocycles. The van der Waals surface area contributed by atoms with Crippen LogP contribution in [0, 0.1) is 0 Å². The zero-order valence-electron chi connectivity index (χ0n) is 20.0. The molecule has 0 saturated heterocycles. The molecule has 13 heteroatoms. The Balaban J connectivity index is 0.000000251. The van der Waals surface area contributed by atoms with E-state index >= 15 is 0 Å². The zero-order valence-corrected chi connectivity index (χ0v) is 20.0. The minimum Gasteiger partial charge on any atom is -0.481 e. The lowest BCUT2D eigenvalue weighted by atomic mass is 9.96. The van der Waals surface area contributed by atoms with Gasteiger partial charge in [-0.3, -0.25) is 14.5 Å². The molecule has 0 amide bonds. The van der Waals surface area contributed by atoms with Crippen LogP contribution in [-0.2, 0) is 47.2 Å². The quantitative estimate of drug-likeness (QED) is 0.239. The molecule has 0 aliphatic carbocycles. The van der Waals surface area contributed by atoms with Crippen LogP contribution < -0.4 is 0 Å². The van der Waals surface area contributed by atoms with E-state index in [9.17, 15) is 19.5 Å². The predicted molar refractivity (Wildman–Crippen MR) is 129 cm³/mol. The maximum atomic E-state index is 10.3. The van der Waals surface area contributed by atoms with E-state index in [1.165, 1.54) is 16.5 Å². The van der Waals surface area contributed by atoms with E-state index < -0.39 is 36.4 Å². The van der Waals surface area contributed by atoms with Crippen molar-refractivity contribution >= 4 is 28.8 Å². The normalized spacial score (nSPS) is 13.5. The third-order valence-electron chi connectivity index (χ3n) is 5.93. The molecule has 37 heavy (non-hydrogen) atoms. The van der Waals surface area contributed by atoms with Crippen molar-refractivity contribution in [2.24, 2.45) is 0 Å². The molecule has 0 unspecified atom stereocenters. The number of aliphatic hydroxyl groups excluding tert-OH is 1. The van der Waals surface area contributed by atoms with E-state index in [2.05, 4.69) is 56.7 Å². The third-order valence-corrected chi connectivity index (χ3v) is 5.93. The van der Waals surface area contributed by atoms with E-state index in [1.807, 2.05) is 10.6 Å². The van der Waals surface area contributed by atoms with Crippen molar-refractivity contribution in [2.45, 2.75) is 51.2 Å². The summed E-state index contributed by atoms with van der Waals surface area (Å²) >= 11 is 0. The highest BCUT2D eigenvalue weighted by atomic mass is 16.4. The molecule has 3 heterocycles. The summed E-state index contributed by atoms with van der Waals surface area (Å²) in [6, 6.07) is 8.50. The number of hydrogen-bond acceptors (Lipinski definition) is 8. The smallest absolute Gasteiger partial charge is 0.336 e. The van der Waals surface area contributed by atoms with Crippen LogP contribution in [0.5, 0.6) is 0 Å². The number of aliphatic hydroxyl groups is 2. The largest absolute Gasteiger partial charge is 0.481 e. The number of para-hydroxylation sites is 1. The Morgan fingerprint density at radius 2 is 1.73 bits per heavy atom. The van der Waals surface area contributed by atoms with Crippen molar-refractivity contribution in [2.75, 3.05) is 6.54 Å². The van der Waals surface area contributed by atoms with Crippen molar-refractivity contribution in [1.29, 1.82) is 0 Å². The molecule has 0 bridgehead atoms. The lowest BCUT2D eigenvalue weighted by Gasteiger charge is -2.27. The zero-order chi connectivity index (χ0) is 27.2. The summed E-state index contributed by atoms with van der Waals surface area (Å²) in [5.41, 5.74) is -0.171. The second-order valence-corrected chi connectivity index (χ2v) is 8.64. The van der Waals surface area contributed by atoms with Crippen LogP contribution in [0.25, 0.3) is 10.9 Å². The molecule has 3 aromatic rings. The first-order valence-electron chi connectivity index (χ1n) is 11.4. The second-order valence-electron chi connectivity index (χ2n) is 8.64. The molecule has 198 valence electrons. The molecule has 1 aromatic carbocycles. The number of carboxylic acids is 3. The lowest BCUT2D eigenvalue weighted by Crippen LogP contribution is -2.42. The van der Waals surface area contributed by atoms with Crippen LogP contribution >= 0.6 is 0 Å². The van der Waals surface area contributed by atoms with Gasteiger partial charge in [-0.05, 0) is 11.6 Å². The third kappa shape index (κ3) is 6.58. The number of carbonyl (C=O) groups is 3. The molecule has 1 aliphatic rings. The summed E-state index contributed by atoms with van der Waals surface area (Å²) in [5, 5.41) is 52.7. The Morgan fingerprint density at radius 1 is 1.05 bits per heavy atom. The van der Waals surface area contributed by atoms with Crippen LogP contribution in [-0.4, -0.2) is 79.8 Å². The van der Waals surface area contributed by atoms with E-state index in [0.717, 1.165) is 38.5 Å². The minimum absolute atomic E-state index is 0.0535. The van der Waals surface area contributed by atoms with Gasteiger partial charge in [-0.1, -0.05) is 24.3 Å². The standard InChI is InChI=1S/C18H21N5O.C6H8O7/c1-2-7-22-11-14(15-5-3-4-6-16(15)22)10-21-8-9-23-17(12-21)19-20-18(23)13-24;7-3(8)1-6(13,5(11)12)2-4(9)10/h2-6,11,24H,1,7-10,12-13H2;13H,1-2H2,(H,7,8)(H,9,10)(H,11,12). The van der Waals surface area contributed by atoms with Gasteiger partial charge in [0.05, 0.1) is 19.4 Å². The van der Waals surface area contributed by atoms with Gasteiger partial charge in [0, 0.05) is 43.3 Å². The average molecular weight is 516 g/mol. The molecule has 0 fully saturated rings. The highest BCUT2D eigenvalue weighted by molar-refractivity contribution is 5.88. The number of aliphatic carboxylic acids is 3. The van der Waals surface area contributed by atoms with Crippen LogP contribution in [0.1, 0.15) is 30.1 Å². The first kappa shape index (κ1) is 27.5. The minimum atomic E-state index is -2.74. The Bertz CT molecular complexity index is 1280. The molecule has 13 nitrogen and oxygen atoms in total. The Kier molecular flexibility index (Phi) is 8.76. The Morgan fingerprint density at radius 3 is 2.32 bits per heavy atom. The Hall–Kier alpha value is -4.07. The number of fused-ring (bicyclic) bond motifs is 2. The van der Waals surface area contributed by atoms with E-state index in [-0.39, 0.29) is 6.61 Å². The molecule has 0 atom stereocenters. The fourth-order valence-corrected chi connectivity index (χ4v) is 4.21. The van der Waals surface area contributed by atoms with E-state index in [4.69, 9.17) is 20.4 Å². The number of hydrogen-bond donors (Lipinski definition) is 5. The van der Waals surface area contributed by atoms with Crippen LogP contribution in [0.3, 0.4) is 0 Å². The Labute approximate surface area is 211 Å². The number of allylic oxidation sites excluding steroid dienone is 1. The molecule has 0 radical (unpaired) electrons. The van der Waals surface area contributed by atoms with Crippen LogP contribution in [0.2, 0.25) is 0 Å². The molecule has 5 N–H and O–H groups in total. The molecule has 0 saturated carbocycles. The summed E-state index contributed by atoms with van der Waals surface area (Å²) in [7, 11) is 0. The van der Waals surface area contributed by atoms with Crippen LogP contribution in [0.4, 0.5) is 0 Å². The van der Waals surface area contributed by atoms with Gasteiger partial charge in [0.25, 0.3) is 0 Å². The SMILES string of the molecule is C=CCn1cc(CN2CCn3c(CO)nnc3C2)c2ccccc21.O=C(O)CC(O)(CC(=O)O)C(=O)O. The predicted octanol–water partition coefficient (Wildman–Crippen LogP) is 0.678. The topological polar surface area (TPSA) is 191 Å². The fraction of sp³-hybridized carbons (Fsp3) is 0.375. The number of benzene rings is 1. The molecule has 2 aromatic heterocycles. The monoisotopic (exact) mass is 515 g/mol. The maximum Gasteiger partial charge on any atom is 0.336 e. The average Bonchev–Trinajstić information content (AvgIpc) is 3.40. The summed E-state index contributed by atoms with van der Waals surface area (Å²) in [6.07, 6.45) is 1.87. The summed E-state index contributed by atoms with van der Waals surface area (Å²) < 4.78 is 4.27. The van der Waals surface area contributed by atoms with Crippen LogP contribution in [0.15, 0.2) is 43.1 Å². The van der Waals surface area contributed by atoms with Crippen molar-refractivity contribution in [1.82, 2.24) is 24.2 Å². The van der Waals surface area contributed by atoms with Gasteiger partial charge in [0.15, 0.2) is 11.4 Å². The fourth-order valence-electron chi connectivity index (χ4n) is 4.21. The highest BCUT2D eigenvalue weighted by Crippen LogP contribution is 2.24. The van der Waals surface area contributed by atoms with Crippen molar-refractivity contribution in [3.8, 4) is 0 Å².